The van der Waals surface area contributed by atoms with E-state index >= 15 is 0 Å². The van der Waals surface area contributed by atoms with Crippen molar-refractivity contribution in [1.82, 2.24) is 4.98 Å². The number of nitriles is 1. The fourth-order valence-corrected chi connectivity index (χ4v) is 2.40. The summed E-state index contributed by atoms with van der Waals surface area (Å²) in [5.74, 6) is 0. The second kappa shape index (κ2) is 3.76. The summed E-state index contributed by atoms with van der Waals surface area (Å²) in [4.78, 5) is 3.79. The van der Waals surface area contributed by atoms with Crippen LogP contribution in [0, 0.1) is 11.3 Å². The second-order valence-corrected chi connectivity index (χ2v) is 4.84. The first-order chi connectivity index (χ1) is 6.50. The molecule has 0 fully saturated rings. The van der Waals surface area contributed by atoms with Crippen LogP contribution in [0.15, 0.2) is 17.2 Å². The summed E-state index contributed by atoms with van der Waals surface area (Å²) in [6.07, 6.45) is 3.11. The summed E-state index contributed by atoms with van der Waals surface area (Å²) in [6.45, 7) is 1.84. The topological polar surface area (TPSA) is 70.8 Å². The predicted octanol–water partition coefficient (Wildman–Crippen LogP) is 0.919. The largest absolute Gasteiger partial charge is 0.244 e. The minimum atomic E-state index is -3.37. The van der Waals surface area contributed by atoms with Crippen LogP contribution in [0.4, 0.5) is 0 Å². The van der Waals surface area contributed by atoms with Crippen LogP contribution in [-0.4, -0.2) is 19.7 Å². The number of hydrogen-bond acceptors (Lipinski definition) is 4. The molecule has 0 amide bonds. The maximum atomic E-state index is 11.4. The van der Waals surface area contributed by atoms with E-state index in [4.69, 9.17) is 5.26 Å². The van der Waals surface area contributed by atoms with Gasteiger partial charge in [0.15, 0.2) is 15.5 Å². The molecule has 0 aliphatic rings. The van der Waals surface area contributed by atoms with Gasteiger partial charge in [-0.05, 0) is 18.1 Å². The van der Waals surface area contributed by atoms with Crippen LogP contribution >= 0.6 is 0 Å². The van der Waals surface area contributed by atoms with E-state index in [1.807, 2.05) is 6.92 Å². The van der Waals surface area contributed by atoms with Gasteiger partial charge in [0, 0.05) is 12.5 Å². The standard InChI is InChI=1S/C9H10N2O2S/c1-3-7-4-5-11-8(6-10)9(7)14(2,12)13/h4-5H,3H2,1-2H3. The highest BCUT2D eigenvalue weighted by atomic mass is 32.2. The maximum Gasteiger partial charge on any atom is 0.178 e. The van der Waals surface area contributed by atoms with Gasteiger partial charge in [-0.15, -0.1) is 0 Å². The van der Waals surface area contributed by atoms with E-state index in [1.54, 1.807) is 12.1 Å². The highest BCUT2D eigenvalue weighted by molar-refractivity contribution is 7.90. The van der Waals surface area contributed by atoms with Crippen molar-refractivity contribution in [2.75, 3.05) is 6.26 Å². The summed E-state index contributed by atoms with van der Waals surface area (Å²) < 4.78 is 22.8. The van der Waals surface area contributed by atoms with Crippen molar-refractivity contribution in [2.24, 2.45) is 0 Å². The third-order valence-electron chi connectivity index (χ3n) is 1.84. The first kappa shape index (κ1) is 10.7. The van der Waals surface area contributed by atoms with Gasteiger partial charge < -0.3 is 0 Å². The Morgan fingerprint density at radius 2 is 2.21 bits per heavy atom. The first-order valence-electron chi connectivity index (χ1n) is 4.08. The molecule has 0 spiro atoms. The fourth-order valence-electron chi connectivity index (χ4n) is 1.26. The van der Waals surface area contributed by atoms with Crippen molar-refractivity contribution in [2.45, 2.75) is 18.2 Å². The molecule has 0 N–H and O–H groups in total. The van der Waals surface area contributed by atoms with Gasteiger partial charge in [0.05, 0.1) is 0 Å². The molecule has 0 radical (unpaired) electrons. The minimum absolute atomic E-state index is 0.0214. The van der Waals surface area contributed by atoms with Gasteiger partial charge in [-0.3, -0.25) is 0 Å². The first-order valence-corrected chi connectivity index (χ1v) is 5.98. The summed E-state index contributed by atoms with van der Waals surface area (Å²) >= 11 is 0. The van der Waals surface area contributed by atoms with Gasteiger partial charge in [0.2, 0.25) is 0 Å². The summed E-state index contributed by atoms with van der Waals surface area (Å²) in [7, 11) is -3.37. The van der Waals surface area contributed by atoms with Crippen molar-refractivity contribution in [3.63, 3.8) is 0 Å². The molecule has 0 aliphatic heterocycles. The molecule has 14 heavy (non-hydrogen) atoms. The van der Waals surface area contributed by atoms with Crippen LogP contribution in [0.5, 0.6) is 0 Å². The molecular weight excluding hydrogens is 200 g/mol. The zero-order chi connectivity index (χ0) is 10.8. The number of rotatable bonds is 2. The van der Waals surface area contributed by atoms with E-state index in [1.165, 1.54) is 6.20 Å². The van der Waals surface area contributed by atoms with Crippen LogP contribution in [0.2, 0.25) is 0 Å². The smallest absolute Gasteiger partial charge is 0.178 e. The quantitative estimate of drug-likeness (QED) is 0.727. The molecule has 5 heteroatoms. The van der Waals surface area contributed by atoms with Gasteiger partial charge in [-0.2, -0.15) is 5.26 Å². The molecule has 0 aliphatic carbocycles. The number of nitrogens with zero attached hydrogens (tertiary/aromatic N) is 2. The number of pyridine rings is 1. The highest BCUT2D eigenvalue weighted by Crippen LogP contribution is 2.18. The molecule has 0 bridgehead atoms. The van der Waals surface area contributed by atoms with Gasteiger partial charge in [-0.25, -0.2) is 13.4 Å². The van der Waals surface area contributed by atoms with Gasteiger partial charge in [-0.1, -0.05) is 6.92 Å². The molecule has 0 saturated heterocycles. The summed E-state index contributed by atoms with van der Waals surface area (Å²) in [5, 5.41) is 8.72. The second-order valence-electron chi connectivity index (χ2n) is 2.89. The van der Waals surface area contributed by atoms with Crippen LogP contribution in [-0.2, 0) is 16.3 Å². The van der Waals surface area contributed by atoms with Crippen molar-refractivity contribution >= 4 is 9.84 Å². The van der Waals surface area contributed by atoms with E-state index in [0.29, 0.717) is 12.0 Å². The third-order valence-corrected chi connectivity index (χ3v) is 3.04. The Morgan fingerprint density at radius 1 is 1.57 bits per heavy atom. The predicted molar refractivity (Wildman–Crippen MR) is 51.4 cm³/mol. The fraction of sp³-hybridized carbons (Fsp3) is 0.333. The Balaban J connectivity index is 3.61. The molecule has 1 aromatic heterocycles. The van der Waals surface area contributed by atoms with E-state index in [0.717, 1.165) is 6.26 Å². The zero-order valence-corrected chi connectivity index (χ0v) is 8.80. The minimum Gasteiger partial charge on any atom is -0.244 e. The molecule has 0 unspecified atom stereocenters. The van der Waals surface area contributed by atoms with Crippen molar-refractivity contribution in [3.05, 3.63) is 23.5 Å². The Morgan fingerprint density at radius 3 is 2.64 bits per heavy atom. The van der Waals surface area contributed by atoms with Crippen LogP contribution in [0.1, 0.15) is 18.2 Å². The third kappa shape index (κ3) is 1.91. The van der Waals surface area contributed by atoms with Crippen LogP contribution in [0.25, 0.3) is 0 Å². The Bertz CT molecular complexity index is 486. The average Bonchev–Trinajstić information content (AvgIpc) is 2.15. The average molecular weight is 210 g/mol. The number of hydrogen-bond donors (Lipinski definition) is 0. The highest BCUT2D eigenvalue weighted by Gasteiger charge is 2.18. The molecular formula is C9H10N2O2S. The molecule has 4 nitrogen and oxygen atoms in total. The van der Waals surface area contributed by atoms with E-state index in [-0.39, 0.29) is 10.6 Å². The lowest BCUT2D eigenvalue weighted by atomic mass is 10.2. The zero-order valence-electron chi connectivity index (χ0n) is 7.98. The molecule has 74 valence electrons. The Kier molecular flexibility index (Phi) is 2.87. The number of aromatic nitrogens is 1. The van der Waals surface area contributed by atoms with Crippen molar-refractivity contribution in [3.8, 4) is 6.07 Å². The normalized spacial score (nSPS) is 10.9. The summed E-state index contributed by atoms with van der Waals surface area (Å²) in [5.41, 5.74) is 0.617. The Hall–Kier alpha value is -1.41. The molecule has 1 aromatic rings. The molecule has 0 aromatic carbocycles. The van der Waals surface area contributed by atoms with Crippen LogP contribution < -0.4 is 0 Å². The van der Waals surface area contributed by atoms with Crippen molar-refractivity contribution < 1.29 is 8.42 Å². The lowest BCUT2D eigenvalue weighted by Crippen LogP contribution is -2.06. The van der Waals surface area contributed by atoms with E-state index in [9.17, 15) is 8.42 Å². The van der Waals surface area contributed by atoms with Gasteiger partial charge in [0.1, 0.15) is 11.0 Å². The van der Waals surface area contributed by atoms with Gasteiger partial charge in [0.25, 0.3) is 0 Å². The lowest BCUT2D eigenvalue weighted by molar-refractivity contribution is 0.600. The van der Waals surface area contributed by atoms with E-state index in [2.05, 4.69) is 4.98 Å². The SMILES string of the molecule is CCc1ccnc(C#N)c1S(C)(=O)=O. The van der Waals surface area contributed by atoms with Crippen LogP contribution in [0.3, 0.4) is 0 Å². The van der Waals surface area contributed by atoms with Gasteiger partial charge >= 0.3 is 0 Å². The Labute approximate surface area is 83.1 Å². The molecule has 1 heterocycles. The monoisotopic (exact) mass is 210 g/mol. The number of sulfone groups is 1. The molecule has 0 atom stereocenters. The summed E-state index contributed by atoms with van der Waals surface area (Å²) in [6, 6.07) is 3.41. The number of aryl methyl sites for hydroxylation is 1. The lowest BCUT2D eigenvalue weighted by Gasteiger charge is -2.05. The molecule has 0 saturated carbocycles. The van der Waals surface area contributed by atoms with E-state index < -0.39 is 9.84 Å². The molecule has 1 rings (SSSR count). The maximum absolute atomic E-state index is 11.4. The van der Waals surface area contributed by atoms with Crippen molar-refractivity contribution in [1.29, 1.82) is 5.26 Å².